The van der Waals surface area contributed by atoms with Crippen LogP contribution >= 0.6 is 23.2 Å². The minimum Gasteiger partial charge on any atom is -0.334 e. The standard InChI is InChI=1S/C14H19Cl2N3O4S/c1-3-9(2)19(10-4-5-24(22,23)8-10)12(20)7-18-14(21)13(16)11(15)6-17-18/h6,9-10H,3-5,7-8H2,1-2H3/t9-,10-/m0/s1. The Bertz CT molecular complexity index is 794. The molecule has 0 spiro atoms. The van der Waals surface area contributed by atoms with E-state index in [1.165, 1.54) is 6.20 Å². The summed E-state index contributed by atoms with van der Waals surface area (Å²) in [6, 6.07) is -0.523. The van der Waals surface area contributed by atoms with E-state index >= 15 is 0 Å². The lowest BCUT2D eigenvalue weighted by Gasteiger charge is -2.33. The van der Waals surface area contributed by atoms with E-state index in [1.54, 1.807) is 4.90 Å². The molecule has 7 nitrogen and oxygen atoms in total. The molecular weight excluding hydrogens is 377 g/mol. The maximum absolute atomic E-state index is 12.7. The Morgan fingerprint density at radius 2 is 2.17 bits per heavy atom. The summed E-state index contributed by atoms with van der Waals surface area (Å²) >= 11 is 11.5. The average molecular weight is 396 g/mol. The van der Waals surface area contributed by atoms with Gasteiger partial charge >= 0.3 is 0 Å². The first-order valence-electron chi connectivity index (χ1n) is 7.59. The molecule has 0 N–H and O–H groups in total. The van der Waals surface area contributed by atoms with Gasteiger partial charge in [-0.05, 0) is 19.8 Å². The third-order valence-corrected chi connectivity index (χ3v) is 6.68. The van der Waals surface area contributed by atoms with Crippen molar-refractivity contribution in [1.29, 1.82) is 0 Å². The van der Waals surface area contributed by atoms with E-state index in [2.05, 4.69) is 5.10 Å². The predicted molar refractivity (Wildman–Crippen MR) is 92.2 cm³/mol. The SMILES string of the molecule is CC[C@H](C)N(C(=O)Cn1ncc(Cl)c(Cl)c1=O)[C@H]1CCS(=O)(=O)C1. The Hall–Kier alpha value is -1.12. The summed E-state index contributed by atoms with van der Waals surface area (Å²) in [5.74, 6) is -0.338. The summed E-state index contributed by atoms with van der Waals surface area (Å²) in [6.07, 6.45) is 2.28. The molecule has 1 fully saturated rings. The number of hydrogen-bond acceptors (Lipinski definition) is 5. The van der Waals surface area contributed by atoms with Gasteiger partial charge in [0.25, 0.3) is 5.56 Å². The van der Waals surface area contributed by atoms with E-state index in [1.807, 2.05) is 13.8 Å². The third-order valence-electron chi connectivity index (χ3n) is 4.18. The minimum absolute atomic E-state index is 0.0195. The van der Waals surface area contributed by atoms with Crippen LogP contribution in [0, 0.1) is 0 Å². The number of rotatable bonds is 5. The van der Waals surface area contributed by atoms with E-state index in [-0.39, 0.29) is 46.1 Å². The first kappa shape index (κ1) is 19.2. The first-order valence-corrected chi connectivity index (χ1v) is 10.2. The van der Waals surface area contributed by atoms with Crippen LogP contribution in [-0.2, 0) is 21.2 Å². The fourth-order valence-electron chi connectivity index (χ4n) is 2.77. The number of hydrogen-bond donors (Lipinski definition) is 0. The minimum atomic E-state index is -3.13. The molecule has 24 heavy (non-hydrogen) atoms. The quantitative estimate of drug-likeness (QED) is 0.750. The summed E-state index contributed by atoms with van der Waals surface area (Å²) in [5, 5.41) is 3.65. The molecule has 1 aliphatic heterocycles. The smallest absolute Gasteiger partial charge is 0.287 e. The van der Waals surface area contributed by atoms with Crippen LogP contribution in [-0.4, -0.2) is 52.6 Å². The van der Waals surface area contributed by atoms with Crippen molar-refractivity contribution in [2.75, 3.05) is 11.5 Å². The molecule has 1 aliphatic rings. The second kappa shape index (κ2) is 7.41. The Labute approximate surface area is 150 Å². The average Bonchev–Trinajstić information content (AvgIpc) is 2.87. The van der Waals surface area contributed by atoms with Crippen LogP contribution in [0.5, 0.6) is 0 Å². The second-order valence-electron chi connectivity index (χ2n) is 5.88. The molecule has 134 valence electrons. The summed E-state index contributed by atoms with van der Waals surface area (Å²) in [7, 11) is -3.13. The largest absolute Gasteiger partial charge is 0.334 e. The lowest BCUT2D eigenvalue weighted by Crippen LogP contribution is -2.48. The molecule has 1 aromatic rings. The molecule has 1 saturated heterocycles. The summed E-state index contributed by atoms with van der Waals surface area (Å²) in [4.78, 5) is 26.3. The summed E-state index contributed by atoms with van der Waals surface area (Å²) in [6.45, 7) is 3.46. The van der Waals surface area contributed by atoms with Crippen LogP contribution in [0.4, 0.5) is 0 Å². The van der Waals surface area contributed by atoms with Crippen molar-refractivity contribution in [3.63, 3.8) is 0 Å². The molecule has 1 aromatic heterocycles. The number of sulfone groups is 1. The highest BCUT2D eigenvalue weighted by molar-refractivity contribution is 7.91. The van der Waals surface area contributed by atoms with Crippen molar-refractivity contribution in [2.45, 2.75) is 45.3 Å². The number of halogens is 2. The van der Waals surface area contributed by atoms with E-state index in [4.69, 9.17) is 23.2 Å². The Morgan fingerprint density at radius 1 is 1.50 bits per heavy atom. The molecule has 2 heterocycles. The van der Waals surface area contributed by atoms with Gasteiger partial charge in [-0.25, -0.2) is 13.1 Å². The van der Waals surface area contributed by atoms with Gasteiger partial charge in [-0.3, -0.25) is 9.59 Å². The van der Waals surface area contributed by atoms with Crippen molar-refractivity contribution < 1.29 is 13.2 Å². The number of aromatic nitrogens is 2. The fourth-order valence-corrected chi connectivity index (χ4v) is 4.75. The summed E-state index contributed by atoms with van der Waals surface area (Å²) < 4.78 is 24.4. The van der Waals surface area contributed by atoms with Crippen molar-refractivity contribution in [2.24, 2.45) is 0 Å². The van der Waals surface area contributed by atoms with Crippen LogP contribution in [0.1, 0.15) is 26.7 Å². The van der Waals surface area contributed by atoms with E-state index in [0.717, 1.165) is 4.68 Å². The molecule has 0 aliphatic carbocycles. The van der Waals surface area contributed by atoms with E-state index in [0.29, 0.717) is 12.8 Å². The molecule has 1 amide bonds. The molecule has 0 bridgehead atoms. The zero-order valence-electron chi connectivity index (χ0n) is 13.4. The van der Waals surface area contributed by atoms with Gasteiger partial charge in [0.2, 0.25) is 5.91 Å². The van der Waals surface area contributed by atoms with Crippen LogP contribution in [0.25, 0.3) is 0 Å². The lowest BCUT2D eigenvalue weighted by atomic mass is 10.1. The van der Waals surface area contributed by atoms with Crippen molar-refractivity contribution in [3.05, 3.63) is 26.6 Å². The normalized spacial score (nSPS) is 20.8. The number of amides is 1. The maximum atomic E-state index is 12.7. The summed E-state index contributed by atoms with van der Waals surface area (Å²) in [5.41, 5.74) is -0.652. The molecule has 0 aromatic carbocycles. The topological polar surface area (TPSA) is 89.3 Å². The molecular formula is C14H19Cl2N3O4S. The van der Waals surface area contributed by atoms with Gasteiger partial charge in [0.15, 0.2) is 9.84 Å². The molecule has 0 radical (unpaired) electrons. The fraction of sp³-hybridized carbons (Fsp3) is 0.643. The highest BCUT2D eigenvalue weighted by atomic mass is 35.5. The number of carbonyl (C=O) groups is 1. The molecule has 0 unspecified atom stereocenters. The zero-order chi connectivity index (χ0) is 18.1. The van der Waals surface area contributed by atoms with Gasteiger partial charge in [0.1, 0.15) is 11.6 Å². The van der Waals surface area contributed by atoms with Gasteiger partial charge in [0.05, 0.1) is 22.7 Å². The number of nitrogens with zero attached hydrogens (tertiary/aromatic N) is 3. The van der Waals surface area contributed by atoms with E-state index < -0.39 is 15.4 Å². The molecule has 2 atom stereocenters. The van der Waals surface area contributed by atoms with E-state index in [9.17, 15) is 18.0 Å². The molecule has 2 rings (SSSR count). The van der Waals surface area contributed by atoms with Crippen molar-refractivity contribution >= 4 is 38.9 Å². The second-order valence-corrected chi connectivity index (χ2v) is 8.90. The Balaban J connectivity index is 2.26. The lowest BCUT2D eigenvalue weighted by molar-refractivity contribution is -0.136. The van der Waals surface area contributed by atoms with Crippen LogP contribution in [0.2, 0.25) is 10.0 Å². The Kier molecular flexibility index (Phi) is 5.93. The molecule has 10 heteroatoms. The van der Waals surface area contributed by atoms with Crippen LogP contribution in [0.15, 0.2) is 11.0 Å². The van der Waals surface area contributed by atoms with Gasteiger partial charge in [-0.1, -0.05) is 30.1 Å². The van der Waals surface area contributed by atoms with Crippen molar-refractivity contribution in [3.8, 4) is 0 Å². The number of carbonyl (C=O) groups excluding carboxylic acids is 1. The Morgan fingerprint density at radius 3 is 2.71 bits per heavy atom. The van der Waals surface area contributed by atoms with Gasteiger partial charge < -0.3 is 4.90 Å². The first-order chi connectivity index (χ1) is 11.2. The van der Waals surface area contributed by atoms with Gasteiger partial charge in [0, 0.05) is 12.1 Å². The van der Waals surface area contributed by atoms with Crippen molar-refractivity contribution in [1.82, 2.24) is 14.7 Å². The third kappa shape index (κ3) is 4.10. The highest BCUT2D eigenvalue weighted by Crippen LogP contribution is 2.22. The zero-order valence-corrected chi connectivity index (χ0v) is 15.7. The predicted octanol–water partition coefficient (Wildman–Crippen LogP) is 1.36. The van der Waals surface area contributed by atoms with Crippen LogP contribution < -0.4 is 5.56 Å². The maximum Gasteiger partial charge on any atom is 0.287 e. The molecule has 0 saturated carbocycles. The van der Waals surface area contributed by atoms with Crippen LogP contribution in [0.3, 0.4) is 0 Å². The highest BCUT2D eigenvalue weighted by Gasteiger charge is 2.36. The van der Waals surface area contributed by atoms with Gasteiger partial charge in [-0.2, -0.15) is 5.10 Å². The monoisotopic (exact) mass is 395 g/mol. The van der Waals surface area contributed by atoms with Gasteiger partial charge in [-0.15, -0.1) is 0 Å².